The van der Waals surface area contributed by atoms with Crippen molar-refractivity contribution in [3.63, 3.8) is 0 Å². The third-order valence-electron chi connectivity index (χ3n) is 4.57. The highest BCUT2D eigenvalue weighted by molar-refractivity contribution is 5.97. The third kappa shape index (κ3) is 2.19. The monoisotopic (exact) mass is 307 g/mol. The molecule has 7 heteroatoms. The van der Waals surface area contributed by atoms with Gasteiger partial charge in [0.05, 0.1) is 31.4 Å². The van der Waals surface area contributed by atoms with Crippen molar-refractivity contribution < 1.29 is 19.0 Å². The molecule has 0 radical (unpaired) electrons. The van der Waals surface area contributed by atoms with E-state index < -0.39 is 5.79 Å². The molecule has 3 aliphatic rings. The molecule has 0 N–H and O–H groups in total. The van der Waals surface area contributed by atoms with E-state index in [9.17, 15) is 4.79 Å². The fourth-order valence-electron chi connectivity index (χ4n) is 3.21. The lowest BCUT2D eigenvalue weighted by Crippen LogP contribution is -2.65. The van der Waals surface area contributed by atoms with Crippen LogP contribution in [-0.2, 0) is 16.0 Å². The lowest BCUT2D eigenvalue weighted by molar-refractivity contribution is -0.301. The molecule has 0 saturated carbocycles. The van der Waals surface area contributed by atoms with E-state index in [0.29, 0.717) is 44.4 Å². The zero-order chi connectivity index (χ0) is 15.4. The number of hydrogen-bond acceptors (Lipinski definition) is 5. The number of aryl methyl sites for hydroxylation is 1. The molecule has 1 aromatic heterocycles. The number of nitrogens with zero attached hydrogens (tertiary/aromatic N) is 3. The SMILES string of the molecule is CC1(C)OCC2(CO1)CN(C(=O)c1cnn3c1OCCC3)C2. The molecule has 120 valence electrons. The number of ether oxygens (including phenoxy) is 3. The second-order valence-corrected chi connectivity index (χ2v) is 6.93. The largest absolute Gasteiger partial charge is 0.477 e. The van der Waals surface area contributed by atoms with Gasteiger partial charge >= 0.3 is 0 Å². The van der Waals surface area contributed by atoms with Gasteiger partial charge in [0.1, 0.15) is 5.56 Å². The van der Waals surface area contributed by atoms with Crippen molar-refractivity contribution in [1.82, 2.24) is 14.7 Å². The molecule has 3 aliphatic heterocycles. The zero-order valence-electron chi connectivity index (χ0n) is 13.0. The van der Waals surface area contributed by atoms with Gasteiger partial charge in [-0.25, -0.2) is 4.68 Å². The van der Waals surface area contributed by atoms with Gasteiger partial charge in [-0.1, -0.05) is 0 Å². The molecule has 0 atom stereocenters. The molecule has 1 amide bonds. The first-order valence-electron chi connectivity index (χ1n) is 7.74. The van der Waals surface area contributed by atoms with Crippen LogP contribution in [0.1, 0.15) is 30.6 Å². The first kappa shape index (κ1) is 14.0. The molecule has 7 nitrogen and oxygen atoms in total. The van der Waals surface area contributed by atoms with E-state index in [0.717, 1.165) is 13.0 Å². The summed E-state index contributed by atoms with van der Waals surface area (Å²) in [6, 6.07) is 0. The Bertz CT molecular complexity index is 592. The number of rotatable bonds is 1. The standard InChI is InChI=1S/C15H21N3O4/c1-14(2)21-9-15(10-22-14)7-17(8-15)12(19)11-6-16-18-4-3-5-20-13(11)18/h6H,3-5,7-10H2,1-2H3. The molecule has 2 fully saturated rings. The van der Waals surface area contributed by atoms with Gasteiger partial charge in [-0.05, 0) is 13.8 Å². The normalized spacial score (nSPS) is 25.3. The molecule has 0 bridgehead atoms. The molecule has 0 unspecified atom stereocenters. The van der Waals surface area contributed by atoms with Gasteiger partial charge in [-0.15, -0.1) is 0 Å². The van der Waals surface area contributed by atoms with Crippen molar-refractivity contribution in [1.29, 1.82) is 0 Å². The van der Waals surface area contributed by atoms with Crippen LogP contribution in [0.25, 0.3) is 0 Å². The maximum Gasteiger partial charge on any atom is 0.261 e. The van der Waals surface area contributed by atoms with E-state index in [1.807, 2.05) is 18.7 Å². The van der Waals surface area contributed by atoms with E-state index >= 15 is 0 Å². The number of carbonyl (C=O) groups is 1. The Morgan fingerprint density at radius 2 is 2.00 bits per heavy atom. The molecule has 0 aliphatic carbocycles. The minimum absolute atomic E-state index is 0.0152. The van der Waals surface area contributed by atoms with Crippen LogP contribution in [0.4, 0.5) is 0 Å². The maximum absolute atomic E-state index is 12.6. The van der Waals surface area contributed by atoms with E-state index in [2.05, 4.69) is 5.10 Å². The topological polar surface area (TPSA) is 65.8 Å². The lowest BCUT2D eigenvalue weighted by Gasteiger charge is -2.53. The average Bonchev–Trinajstić information content (AvgIpc) is 2.89. The van der Waals surface area contributed by atoms with Crippen LogP contribution < -0.4 is 4.74 Å². The summed E-state index contributed by atoms with van der Waals surface area (Å²) in [5, 5.41) is 4.24. The second kappa shape index (κ2) is 4.70. The molecule has 2 saturated heterocycles. The van der Waals surface area contributed by atoms with Crippen LogP contribution in [-0.4, -0.2) is 59.3 Å². The van der Waals surface area contributed by atoms with Gasteiger partial charge in [0.2, 0.25) is 5.88 Å². The van der Waals surface area contributed by atoms with Gasteiger partial charge in [-0.3, -0.25) is 4.79 Å². The van der Waals surface area contributed by atoms with Crippen molar-refractivity contribution in [2.75, 3.05) is 32.9 Å². The number of fused-ring (bicyclic) bond motifs is 1. The van der Waals surface area contributed by atoms with E-state index in [4.69, 9.17) is 14.2 Å². The summed E-state index contributed by atoms with van der Waals surface area (Å²) in [6.07, 6.45) is 2.55. The average molecular weight is 307 g/mol. The van der Waals surface area contributed by atoms with Gasteiger partial charge in [0.15, 0.2) is 5.79 Å². The van der Waals surface area contributed by atoms with Crippen molar-refractivity contribution in [3.05, 3.63) is 11.8 Å². The van der Waals surface area contributed by atoms with E-state index in [1.54, 1.807) is 10.9 Å². The lowest BCUT2D eigenvalue weighted by atomic mass is 9.80. The first-order valence-corrected chi connectivity index (χ1v) is 7.74. The first-order chi connectivity index (χ1) is 10.5. The van der Waals surface area contributed by atoms with E-state index in [1.165, 1.54) is 0 Å². The Morgan fingerprint density at radius 1 is 1.27 bits per heavy atom. The summed E-state index contributed by atoms with van der Waals surface area (Å²) in [7, 11) is 0. The molecule has 0 aromatic carbocycles. The minimum Gasteiger partial charge on any atom is -0.477 e. The summed E-state index contributed by atoms with van der Waals surface area (Å²) < 4.78 is 18.8. The number of likely N-dealkylation sites (tertiary alicyclic amines) is 1. The molecule has 4 rings (SSSR count). The zero-order valence-corrected chi connectivity index (χ0v) is 13.0. The van der Waals surface area contributed by atoms with Gasteiger partial charge in [0, 0.05) is 26.1 Å². The van der Waals surface area contributed by atoms with Crippen molar-refractivity contribution in [2.45, 2.75) is 32.6 Å². The van der Waals surface area contributed by atoms with Crippen LogP contribution in [0.3, 0.4) is 0 Å². The molecule has 4 heterocycles. The number of amides is 1. The Kier molecular flexibility index (Phi) is 2.99. The van der Waals surface area contributed by atoms with Crippen molar-refractivity contribution >= 4 is 5.91 Å². The van der Waals surface area contributed by atoms with Crippen molar-refractivity contribution in [2.24, 2.45) is 5.41 Å². The van der Waals surface area contributed by atoms with Crippen LogP contribution in [0.15, 0.2) is 6.20 Å². The highest BCUT2D eigenvalue weighted by Crippen LogP contribution is 2.39. The van der Waals surface area contributed by atoms with Crippen LogP contribution in [0, 0.1) is 5.41 Å². The van der Waals surface area contributed by atoms with Gasteiger partial charge < -0.3 is 19.1 Å². The Balaban J connectivity index is 1.43. The predicted molar refractivity (Wildman–Crippen MR) is 76.7 cm³/mol. The highest BCUT2D eigenvalue weighted by Gasteiger charge is 2.50. The minimum atomic E-state index is -0.519. The van der Waals surface area contributed by atoms with Crippen LogP contribution in [0.2, 0.25) is 0 Å². The highest BCUT2D eigenvalue weighted by atomic mass is 16.7. The smallest absolute Gasteiger partial charge is 0.261 e. The molecular formula is C15H21N3O4. The number of hydrogen-bond donors (Lipinski definition) is 0. The molecule has 1 spiro atoms. The molecule has 22 heavy (non-hydrogen) atoms. The third-order valence-corrected chi connectivity index (χ3v) is 4.57. The fraction of sp³-hybridized carbons (Fsp3) is 0.733. The van der Waals surface area contributed by atoms with Crippen molar-refractivity contribution in [3.8, 4) is 5.88 Å². The summed E-state index contributed by atoms with van der Waals surface area (Å²) in [5.74, 6) is 0.0718. The molecular weight excluding hydrogens is 286 g/mol. The Morgan fingerprint density at radius 3 is 2.73 bits per heavy atom. The fourth-order valence-corrected chi connectivity index (χ4v) is 3.21. The maximum atomic E-state index is 12.6. The number of aromatic nitrogens is 2. The quantitative estimate of drug-likeness (QED) is 0.771. The Hall–Kier alpha value is -1.60. The Labute approximate surface area is 129 Å². The van der Waals surface area contributed by atoms with E-state index in [-0.39, 0.29) is 11.3 Å². The van der Waals surface area contributed by atoms with Crippen LogP contribution in [0.5, 0.6) is 5.88 Å². The summed E-state index contributed by atoms with van der Waals surface area (Å²) in [6.45, 7) is 7.86. The second-order valence-electron chi connectivity index (χ2n) is 6.93. The summed E-state index contributed by atoms with van der Waals surface area (Å²) in [5.41, 5.74) is 0.506. The van der Waals surface area contributed by atoms with Gasteiger partial charge in [-0.2, -0.15) is 5.10 Å². The van der Waals surface area contributed by atoms with Gasteiger partial charge in [0.25, 0.3) is 5.91 Å². The summed E-state index contributed by atoms with van der Waals surface area (Å²) in [4.78, 5) is 14.4. The van der Waals surface area contributed by atoms with Crippen LogP contribution >= 0.6 is 0 Å². The molecule has 1 aromatic rings. The number of carbonyl (C=O) groups excluding carboxylic acids is 1. The summed E-state index contributed by atoms with van der Waals surface area (Å²) >= 11 is 0. The predicted octanol–water partition coefficient (Wildman–Crippen LogP) is 0.891.